The van der Waals surface area contributed by atoms with Gasteiger partial charge in [-0.1, -0.05) is 11.6 Å². The fraction of sp³-hybridized carbons (Fsp3) is 0.360. The smallest absolute Gasteiger partial charge is 0.227 e. The van der Waals surface area contributed by atoms with Gasteiger partial charge in [-0.25, -0.2) is 8.78 Å². The SMILES string of the molecule is O=C(CC1(F)CC2CC(c3ccnc4ccc(F)cc34)C[C@@H]2C1)Nc1ccc(Cl)cc1. The summed E-state index contributed by atoms with van der Waals surface area (Å²) in [6.45, 7) is 0. The zero-order valence-electron chi connectivity index (χ0n) is 17.0. The quantitative estimate of drug-likeness (QED) is 0.492. The molecule has 1 aromatic heterocycles. The molecule has 1 heterocycles. The number of pyridine rings is 1. The van der Waals surface area contributed by atoms with Gasteiger partial charge < -0.3 is 5.32 Å². The average Bonchev–Trinajstić information content (AvgIpc) is 3.23. The Hall–Kier alpha value is -2.53. The van der Waals surface area contributed by atoms with E-state index in [0.717, 1.165) is 29.3 Å². The summed E-state index contributed by atoms with van der Waals surface area (Å²) >= 11 is 5.86. The van der Waals surface area contributed by atoms with Gasteiger partial charge in [0.05, 0.1) is 11.9 Å². The van der Waals surface area contributed by atoms with E-state index in [-0.39, 0.29) is 35.9 Å². The molecule has 3 unspecified atom stereocenters. The van der Waals surface area contributed by atoms with Gasteiger partial charge >= 0.3 is 0 Å². The number of hydrogen-bond donors (Lipinski definition) is 1. The Bertz CT molecular complexity index is 1120. The zero-order valence-corrected chi connectivity index (χ0v) is 17.7. The van der Waals surface area contributed by atoms with Crippen LogP contribution in [0.4, 0.5) is 14.5 Å². The van der Waals surface area contributed by atoms with Crippen molar-refractivity contribution < 1.29 is 13.6 Å². The average molecular weight is 441 g/mol. The molecule has 5 rings (SSSR count). The van der Waals surface area contributed by atoms with Gasteiger partial charge in [-0.2, -0.15) is 0 Å². The summed E-state index contributed by atoms with van der Waals surface area (Å²) in [5.41, 5.74) is 1.04. The number of carbonyl (C=O) groups is 1. The van der Waals surface area contributed by atoms with Crippen LogP contribution in [0.3, 0.4) is 0 Å². The van der Waals surface area contributed by atoms with Gasteiger partial charge in [0.15, 0.2) is 0 Å². The molecule has 0 bridgehead atoms. The molecule has 0 aliphatic heterocycles. The highest BCUT2D eigenvalue weighted by Crippen LogP contribution is 2.56. The van der Waals surface area contributed by atoms with Gasteiger partial charge in [0, 0.05) is 22.3 Å². The van der Waals surface area contributed by atoms with Crippen LogP contribution in [0.25, 0.3) is 10.9 Å². The number of nitrogens with one attached hydrogen (secondary N) is 1. The van der Waals surface area contributed by atoms with E-state index in [1.807, 2.05) is 6.07 Å². The number of aromatic nitrogens is 1. The van der Waals surface area contributed by atoms with Crippen molar-refractivity contribution in [2.24, 2.45) is 11.8 Å². The Balaban J connectivity index is 1.25. The monoisotopic (exact) mass is 440 g/mol. The largest absolute Gasteiger partial charge is 0.326 e. The predicted octanol–water partition coefficient (Wildman–Crippen LogP) is 6.67. The molecule has 1 N–H and O–H groups in total. The Kier molecular flexibility index (Phi) is 5.17. The second-order valence-corrected chi connectivity index (χ2v) is 9.48. The molecule has 31 heavy (non-hydrogen) atoms. The summed E-state index contributed by atoms with van der Waals surface area (Å²) in [6, 6.07) is 13.4. The highest BCUT2D eigenvalue weighted by molar-refractivity contribution is 6.30. The van der Waals surface area contributed by atoms with Crippen LogP contribution in [0.2, 0.25) is 5.02 Å². The molecule has 2 aliphatic rings. The third kappa shape index (κ3) is 4.16. The number of halogens is 3. The predicted molar refractivity (Wildman–Crippen MR) is 118 cm³/mol. The molecule has 0 saturated heterocycles. The number of alkyl halides is 1. The summed E-state index contributed by atoms with van der Waals surface area (Å²) in [5.74, 6) is 0.186. The van der Waals surface area contributed by atoms with Crippen molar-refractivity contribution in [1.29, 1.82) is 0 Å². The molecule has 6 heteroatoms. The van der Waals surface area contributed by atoms with E-state index in [1.165, 1.54) is 6.07 Å². The van der Waals surface area contributed by atoms with Gasteiger partial charge in [0.2, 0.25) is 5.91 Å². The lowest BCUT2D eigenvalue weighted by molar-refractivity contribution is -0.118. The van der Waals surface area contributed by atoms with Crippen LogP contribution in [-0.4, -0.2) is 16.6 Å². The van der Waals surface area contributed by atoms with Crippen LogP contribution < -0.4 is 5.32 Å². The first kappa shape index (κ1) is 20.4. The number of carbonyl (C=O) groups excluding carboxylic acids is 1. The van der Waals surface area contributed by atoms with E-state index in [4.69, 9.17) is 11.6 Å². The van der Waals surface area contributed by atoms with Crippen molar-refractivity contribution in [2.45, 2.75) is 43.7 Å². The molecule has 0 radical (unpaired) electrons. The molecule has 2 fully saturated rings. The minimum absolute atomic E-state index is 0.128. The van der Waals surface area contributed by atoms with Crippen LogP contribution in [0.5, 0.6) is 0 Å². The van der Waals surface area contributed by atoms with E-state index in [1.54, 1.807) is 42.6 Å². The first-order valence-electron chi connectivity index (χ1n) is 10.7. The summed E-state index contributed by atoms with van der Waals surface area (Å²) < 4.78 is 29.4. The summed E-state index contributed by atoms with van der Waals surface area (Å²) in [5, 5.41) is 4.20. The molecular weight excluding hydrogens is 418 g/mol. The first-order chi connectivity index (χ1) is 14.9. The van der Waals surface area contributed by atoms with Crippen LogP contribution in [0.1, 0.15) is 43.6 Å². The Morgan fingerprint density at radius 3 is 2.52 bits per heavy atom. The van der Waals surface area contributed by atoms with Gasteiger partial charge in [-0.3, -0.25) is 9.78 Å². The van der Waals surface area contributed by atoms with E-state index in [2.05, 4.69) is 10.3 Å². The fourth-order valence-corrected chi connectivity index (χ4v) is 5.78. The third-order valence-corrected chi connectivity index (χ3v) is 7.13. The number of rotatable bonds is 4. The molecule has 2 saturated carbocycles. The Morgan fingerprint density at radius 1 is 1.10 bits per heavy atom. The van der Waals surface area contributed by atoms with Crippen molar-refractivity contribution in [1.82, 2.24) is 4.98 Å². The molecule has 2 aliphatic carbocycles. The van der Waals surface area contributed by atoms with Crippen LogP contribution in [0, 0.1) is 17.7 Å². The van der Waals surface area contributed by atoms with Crippen molar-refractivity contribution >= 4 is 34.1 Å². The van der Waals surface area contributed by atoms with Crippen molar-refractivity contribution in [3.05, 3.63) is 71.1 Å². The van der Waals surface area contributed by atoms with Crippen molar-refractivity contribution in [2.75, 3.05) is 5.32 Å². The molecule has 1 amide bonds. The standard InChI is InChI=1S/C25H23ClF2N2O/c26-18-1-4-20(5-2-18)30-24(31)14-25(28)12-16-9-15(10-17(16)13-25)21-7-8-29-23-6-3-19(27)11-22(21)23/h1-8,11,15-17H,9-10,12-14H2,(H,30,31)/t15?,16-,17?,25?/m1/s1. The number of benzene rings is 2. The van der Waals surface area contributed by atoms with Crippen molar-refractivity contribution in [3.8, 4) is 0 Å². The number of nitrogens with zero attached hydrogens (tertiary/aromatic N) is 1. The maximum Gasteiger partial charge on any atom is 0.227 e. The number of hydrogen-bond acceptors (Lipinski definition) is 2. The number of fused-ring (bicyclic) bond motifs is 2. The Morgan fingerprint density at radius 2 is 1.81 bits per heavy atom. The fourth-order valence-electron chi connectivity index (χ4n) is 5.66. The maximum atomic E-state index is 15.5. The molecular formula is C25H23ClF2N2O. The maximum absolute atomic E-state index is 15.5. The summed E-state index contributed by atoms with van der Waals surface area (Å²) in [4.78, 5) is 16.8. The van der Waals surface area contributed by atoms with Crippen LogP contribution >= 0.6 is 11.6 Å². The van der Waals surface area contributed by atoms with Crippen LogP contribution in [0.15, 0.2) is 54.7 Å². The Labute approximate surface area is 184 Å². The van der Waals surface area contributed by atoms with E-state index < -0.39 is 5.67 Å². The first-order valence-corrected chi connectivity index (χ1v) is 11.0. The van der Waals surface area contributed by atoms with Crippen LogP contribution in [-0.2, 0) is 4.79 Å². The van der Waals surface area contributed by atoms with Gasteiger partial charge in [0.1, 0.15) is 11.5 Å². The lowest BCUT2D eigenvalue weighted by Gasteiger charge is -2.22. The number of amides is 1. The topological polar surface area (TPSA) is 42.0 Å². The number of anilines is 1. The summed E-state index contributed by atoms with van der Waals surface area (Å²) in [7, 11) is 0. The zero-order chi connectivity index (χ0) is 21.6. The highest BCUT2D eigenvalue weighted by atomic mass is 35.5. The summed E-state index contributed by atoms with van der Waals surface area (Å²) in [6.07, 6.45) is 4.18. The van der Waals surface area contributed by atoms with Gasteiger partial charge in [-0.05, 0) is 97.5 Å². The lowest BCUT2D eigenvalue weighted by atomic mass is 9.88. The normalized spacial score (nSPS) is 27.4. The third-order valence-electron chi connectivity index (χ3n) is 6.88. The molecule has 2 aromatic carbocycles. The van der Waals surface area contributed by atoms with E-state index >= 15 is 4.39 Å². The van der Waals surface area contributed by atoms with Crippen molar-refractivity contribution in [3.63, 3.8) is 0 Å². The molecule has 160 valence electrons. The second kappa shape index (κ2) is 7.86. The molecule has 3 nitrogen and oxygen atoms in total. The van der Waals surface area contributed by atoms with E-state index in [9.17, 15) is 9.18 Å². The van der Waals surface area contributed by atoms with E-state index in [0.29, 0.717) is 23.6 Å². The molecule has 0 spiro atoms. The molecule has 4 atom stereocenters. The highest BCUT2D eigenvalue weighted by Gasteiger charge is 2.51. The second-order valence-electron chi connectivity index (χ2n) is 9.04. The minimum Gasteiger partial charge on any atom is -0.326 e. The molecule has 3 aromatic rings. The lowest BCUT2D eigenvalue weighted by Crippen LogP contribution is -2.28. The van der Waals surface area contributed by atoms with Gasteiger partial charge in [-0.15, -0.1) is 0 Å². The minimum atomic E-state index is -1.47. The van der Waals surface area contributed by atoms with Gasteiger partial charge in [0.25, 0.3) is 0 Å².